The van der Waals surface area contributed by atoms with E-state index in [-0.39, 0.29) is 0 Å². The van der Waals surface area contributed by atoms with Crippen LogP contribution in [0, 0.1) is 11.8 Å². The highest BCUT2D eigenvalue weighted by Crippen LogP contribution is 2.26. The molecule has 2 heteroatoms. The van der Waals surface area contributed by atoms with E-state index in [0.29, 0.717) is 6.61 Å². The molecule has 0 aromatic rings. The molecule has 98 valence electrons. The summed E-state index contributed by atoms with van der Waals surface area (Å²) >= 11 is 0. The maximum Gasteiger partial charge on any atom is 0.0428 e. The fourth-order valence-electron chi connectivity index (χ4n) is 2.60. The summed E-state index contributed by atoms with van der Waals surface area (Å²) in [4.78, 5) is 0. The molecule has 0 spiro atoms. The lowest BCUT2D eigenvalue weighted by molar-refractivity contribution is 0.246. The van der Waals surface area contributed by atoms with E-state index in [1.54, 1.807) is 0 Å². The summed E-state index contributed by atoms with van der Waals surface area (Å²) < 4.78 is 0. The lowest BCUT2D eigenvalue weighted by atomic mass is 9.82. The molecule has 0 saturated heterocycles. The molecule has 1 fully saturated rings. The largest absolute Gasteiger partial charge is 0.396 e. The summed E-state index contributed by atoms with van der Waals surface area (Å²) in [6, 6.07) is 0.755. The lowest BCUT2D eigenvalue weighted by Crippen LogP contribution is -2.38. The number of hydrogen-bond acceptors (Lipinski definition) is 2. The van der Waals surface area contributed by atoms with Crippen molar-refractivity contribution in [3.63, 3.8) is 0 Å². The van der Waals surface area contributed by atoms with Gasteiger partial charge in [-0.15, -0.1) is 0 Å². The normalized spacial score (nSPS) is 30.9. The second-order valence-corrected chi connectivity index (χ2v) is 5.13. The molecule has 0 radical (unpaired) electrons. The minimum atomic E-state index is 0.319. The summed E-state index contributed by atoms with van der Waals surface area (Å²) in [5.41, 5.74) is 0. The summed E-state index contributed by atoms with van der Waals surface area (Å²) in [5, 5.41) is 11.3. The summed E-state index contributed by atoms with van der Waals surface area (Å²) in [6.07, 6.45) is 8.02. The molecule has 0 aromatic heterocycles. The van der Waals surface area contributed by atoms with Crippen molar-refractivity contribution in [3.05, 3.63) is 0 Å². The van der Waals surface area contributed by atoms with Crippen LogP contribution in [0.5, 0.6) is 0 Å². The van der Waals surface area contributed by atoms with Crippen molar-refractivity contribution in [1.82, 2.24) is 5.32 Å². The van der Waals surface area contributed by atoms with E-state index < -0.39 is 0 Å². The molecule has 0 aromatic carbocycles. The summed E-state index contributed by atoms with van der Waals surface area (Å²) in [6.45, 7) is 7.03. The molecule has 0 aliphatic heterocycles. The minimum absolute atomic E-state index is 0.319. The van der Waals surface area contributed by atoms with Crippen LogP contribution in [0.3, 0.4) is 0 Å². The van der Waals surface area contributed by atoms with Gasteiger partial charge in [0.15, 0.2) is 0 Å². The van der Waals surface area contributed by atoms with Crippen LogP contribution in [0.4, 0.5) is 0 Å². The van der Waals surface area contributed by atoms with Gasteiger partial charge in [-0.3, -0.25) is 0 Å². The Morgan fingerprint density at radius 1 is 1.06 bits per heavy atom. The van der Waals surface area contributed by atoms with Gasteiger partial charge in [0.2, 0.25) is 0 Å². The van der Waals surface area contributed by atoms with E-state index in [1.165, 1.54) is 32.1 Å². The van der Waals surface area contributed by atoms with Gasteiger partial charge in [-0.2, -0.15) is 0 Å². The molecule has 1 aliphatic rings. The van der Waals surface area contributed by atoms with Gasteiger partial charge in [-0.25, -0.2) is 0 Å². The monoisotopic (exact) mass is 229 g/mol. The minimum Gasteiger partial charge on any atom is -0.396 e. The third kappa shape index (κ3) is 6.49. The third-order valence-electron chi connectivity index (χ3n) is 3.60. The number of aliphatic hydroxyl groups excluding tert-OH is 1. The number of rotatable bonds is 2. The molecule has 0 amide bonds. The molecule has 0 heterocycles. The Hall–Kier alpha value is -0.0800. The molecule has 2 unspecified atom stereocenters. The molecule has 16 heavy (non-hydrogen) atoms. The van der Waals surface area contributed by atoms with E-state index in [1.807, 2.05) is 6.92 Å². The quantitative estimate of drug-likeness (QED) is 0.762. The molecular weight excluding hydrogens is 198 g/mol. The predicted molar refractivity (Wildman–Crippen MR) is 71.6 cm³/mol. The van der Waals surface area contributed by atoms with Crippen LogP contribution in [0.25, 0.3) is 0 Å². The van der Waals surface area contributed by atoms with E-state index in [2.05, 4.69) is 26.2 Å². The first kappa shape index (κ1) is 15.9. The number of nitrogens with one attached hydrogen (secondary N) is 1. The van der Waals surface area contributed by atoms with Gasteiger partial charge in [0.05, 0.1) is 0 Å². The molecular formula is C14H31NO. The van der Waals surface area contributed by atoms with Crippen LogP contribution >= 0.6 is 0 Å². The van der Waals surface area contributed by atoms with Crippen LogP contribution < -0.4 is 5.32 Å². The maximum atomic E-state index is 7.88. The van der Waals surface area contributed by atoms with Crippen LogP contribution in [-0.2, 0) is 0 Å². The van der Waals surface area contributed by atoms with Crippen molar-refractivity contribution >= 4 is 0 Å². The van der Waals surface area contributed by atoms with Crippen molar-refractivity contribution in [2.75, 3.05) is 13.7 Å². The smallest absolute Gasteiger partial charge is 0.0428 e. The van der Waals surface area contributed by atoms with Crippen molar-refractivity contribution in [3.8, 4) is 0 Å². The second kappa shape index (κ2) is 10.1. The van der Waals surface area contributed by atoms with Crippen molar-refractivity contribution in [2.24, 2.45) is 11.8 Å². The Morgan fingerprint density at radius 3 is 1.81 bits per heavy atom. The standard InChI is InChI=1S/C11H23N.C3H8O/c1-9-7-5-4-6-8-10(2)11(9)12-3;1-2-3-4/h9-12H,4-8H2,1-3H3;4H,2-3H2,1H3. The van der Waals surface area contributed by atoms with Crippen LogP contribution in [0.2, 0.25) is 0 Å². The highest BCUT2D eigenvalue weighted by molar-refractivity contribution is 4.79. The van der Waals surface area contributed by atoms with Crippen molar-refractivity contribution < 1.29 is 5.11 Å². The summed E-state index contributed by atoms with van der Waals surface area (Å²) in [5.74, 6) is 1.73. The molecule has 1 rings (SSSR count). The number of aliphatic hydroxyl groups is 1. The third-order valence-corrected chi connectivity index (χ3v) is 3.60. The average molecular weight is 229 g/mol. The summed E-state index contributed by atoms with van der Waals surface area (Å²) in [7, 11) is 2.11. The molecule has 2 N–H and O–H groups in total. The molecule has 2 atom stereocenters. The predicted octanol–water partition coefficient (Wildman–Crippen LogP) is 3.20. The molecule has 0 bridgehead atoms. The highest BCUT2D eigenvalue weighted by atomic mass is 16.2. The van der Waals surface area contributed by atoms with Crippen LogP contribution in [-0.4, -0.2) is 24.8 Å². The van der Waals surface area contributed by atoms with Gasteiger partial charge in [0, 0.05) is 12.6 Å². The maximum absolute atomic E-state index is 7.88. The van der Waals surface area contributed by atoms with Crippen LogP contribution in [0.1, 0.15) is 59.3 Å². The van der Waals surface area contributed by atoms with Gasteiger partial charge in [0.25, 0.3) is 0 Å². The fourth-order valence-corrected chi connectivity index (χ4v) is 2.60. The first-order valence-electron chi connectivity index (χ1n) is 6.95. The highest BCUT2D eigenvalue weighted by Gasteiger charge is 2.22. The molecule has 1 aliphatic carbocycles. The fraction of sp³-hybridized carbons (Fsp3) is 1.00. The van der Waals surface area contributed by atoms with Gasteiger partial charge in [-0.1, -0.05) is 40.0 Å². The molecule has 2 nitrogen and oxygen atoms in total. The van der Waals surface area contributed by atoms with Crippen molar-refractivity contribution in [2.45, 2.75) is 65.3 Å². The Morgan fingerprint density at radius 2 is 1.50 bits per heavy atom. The Labute approximate surface area is 102 Å². The first-order valence-corrected chi connectivity index (χ1v) is 6.95. The zero-order chi connectivity index (χ0) is 12.4. The Balaban J connectivity index is 0.000000487. The Kier molecular flexibility index (Phi) is 10.0. The zero-order valence-corrected chi connectivity index (χ0v) is 11.6. The van der Waals surface area contributed by atoms with E-state index in [4.69, 9.17) is 5.11 Å². The van der Waals surface area contributed by atoms with Gasteiger partial charge >= 0.3 is 0 Å². The van der Waals surface area contributed by atoms with Gasteiger partial charge in [-0.05, 0) is 38.1 Å². The lowest BCUT2D eigenvalue weighted by Gasteiger charge is -2.31. The zero-order valence-electron chi connectivity index (χ0n) is 11.6. The van der Waals surface area contributed by atoms with Crippen LogP contribution in [0.15, 0.2) is 0 Å². The van der Waals surface area contributed by atoms with Gasteiger partial charge < -0.3 is 10.4 Å². The average Bonchev–Trinajstić information content (AvgIpc) is 2.28. The van der Waals surface area contributed by atoms with E-state index in [0.717, 1.165) is 24.3 Å². The van der Waals surface area contributed by atoms with Gasteiger partial charge in [0.1, 0.15) is 0 Å². The first-order chi connectivity index (χ1) is 7.67. The number of hydrogen-bond donors (Lipinski definition) is 2. The SMILES string of the molecule is CCCO.CNC1C(C)CCCCCC1C. The van der Waals surface area contributed by atoms with E-state index in [9.17, 15) is 0 Å². The topological polar surface area (TPSA) is 32.3 Å². The Bertz CT molecular complexity index is 136. The second-order valence-electron chi connectivity index (χ2n) is 5.13. The van der Waals surface area contributed by atoms with E-state index >= 15 is 0 Å². The van der Waals surface area contributed by atoms with Crippen molar-refractivity contribution in [1.29, 1.82) is 0 Å². The molecule has 1 saturated carbocycles.